The Morgan fingerprint density at radius 3 is 2.04 bits per heavy atom. The van der Waals surface area contributed by atoms with Gasteiger partial charge in [-0.05, 0) is 57.2 Å². The van der Waals surface area contributed by atoms with E-state index < -0.39 is 0 Å². The third-order valence-electron chi connectivity index (χ3n) is 4.78. The van der Waals surface area contributed by atoms with E-state index in [0.717, 1.165) is 34.9 Å². The number of rotatable bonds is 13. The first-order valence-electron chi connectivity index (χ1n) is 10.3. The van der Waals surface area contributed by atoms with Gasteiger partial charge in [-0.3, -0.25) is 0 Å². The van der Waals surface area contributed by atoms with Gasteiger partial charge in [0.25, 0.3) is 0 Å². The summed E-state index contributed by atoms with van der Waals surface area (Å²) in [5.74, 6) is 0.923. The number of ether oxygens (including phenoxy) is 1. The van der Waals surface area contributed by atoms with Gasteiger partial charge in [-0.15, -0.1) is 12.4 Å². The highest BCUT2D eigenvalue weighted by Gasteiger charge is 2.07. The molecule has 0 bridgehead atoms. The summed E-state index contributed by atoms with van der Waals surface area (Å²) in [5, 5.41) is 0.742. The summed E-state index contributed by atoms with van der Waals surface area (Å²) in [6, 6.07) is 16.2. The van der Waals surface area contributed by atoms with Gasteiger partial charge in [-0.1, -0.05) is 80.5 Å². The molecule has 0 aliphatic heterocycles. The molecule has 0 unspecified atom stereocenters. The lowest BCUT2D eigenvalue weighted by molar-refractivity contribution is 0.305. The maximum Gasteiger partial charge on any atom is 0.127 e. The average molecular weight is 424 g/mol. The minimum absolute atomic E-state index is 0. The van der Waals surface area contributed by atoms with Crippen LogP contribution in [0.25, 0.3) is 11.1 Å². The predicted octanol–water partition coefficient (Wildman–Crippen LogP) is 7.49. The quantitative estimate of drug-likeness (QED) is 0.309. The average Bonchev–Trinajstić information content (AvgIpc) is 2.67. The van der Waals surface area contributed by atoms with Crippen LogP contribution in [0.15, 0.2) is 48.5 Å². The molecule has 0 atom stereocenters. The summed E-state index contributed by atoms with van der Waals surface area (Å²) >= 11 is 6.19. The van der Waals surface area contributed by atoms with Crippen LogP contribution in [0.4, 0.5) is 0 Å². The van der Waals surface area contributed by atoms with Gasteiger partial charge >= 0.3 is 0 Å². The van der Waals surface area contributed by atoms with Crippen molar-refractivity contribution in [3.63, 3.8) is 0 Å². The first kappa shape index (κ1) is 24.8. The van der Waals surface area contributed by atoms with Gasteiger partial charge in [-0.25, -0.2) is 0 Å². The molecular formula is C24H35Cl2NO. The van der Waals surface area contributed by atoms with Gasteiger partial charge in [-0.2, -0.15) is 0 Å². The molecule has 2 aromatic carbocycles. The Hall–Kier alpha value is -1.22. The molecule has 0 saturated heterocycles. The molecule has 0 radical (unpaired) electrons. The van der Waals surface area contributed by atoms with Gasteiger partial charge in [0.1, 0.15) is 5.75 Å². The minimum atomic E-state index is 0. The molecule has 0 aromatic heterocycles. The van der Waals surface area contributed by atoms with Crippen molar-refractivity contribution in [2.75, 3.05) is 27.2 Å². The summed E-state index contributed by atoms with van der Waals surface area (Å²) in [7, 11) is 4.30. The summed E-state index contributed by atoms with van der Waals surface area (Å²) in [6.07, 6.45) is 10.4. The Morgan fingerprint density at radius 2 is 1.39 bits per heavy atom. The van der Waals surface area contributed by atoms with E-state index in [4.69, 9.17) is 16.3 Å². The van der Waals surface area contributed by atoms with E-state index in [2.05, 4.69) is 31.1 Å². The normalized spacial score (nSPS) is 10.7. The van der Waals surface area contributed by atoms with Crippen molar-refractivity contribution in [3.8, 4) is 16.9 Å². The molecule has 28 heavy (non-hydrogen) atoms. The summed E-state index contributed by atoms with van der Waals surface area (Å²) in [6.45, 7) is 1.98. The molecule has 0 amide bonds. The third kappa shape index (κ3) is 9.82. The number of benzene rings is 2. The summed E-state index contributed by atoms with van der Waals surface area (Å²) in [5.41, 5.74) is 2.21. The standard InChI is InChI=1S/C24H34ClNO.ClH/c1-26(2)18-12-7-5-3-4-6-8-13-19-27-24-17-16-22(25)20-23(24)21-14-10-9-11-15-21;/h9-11,14-17,20H,3-8,12-13,18-19H2,1-2H3;1H. The fraction of sp³-hybridized carbons (Fsp3) is 0.500. The van der Waals surface area contributed by atoms with Gasteiger partial charge in [0, 0.05) is 10.6 Å². The second-order valence-corrected chi connectivity index (χ2v) is 7.92. The molecular weight excluding hydrogens is 389 g/mol. The smallest absolute Gasteiger partial charge is 0.127 e. The van der Waals surface area contributed by atoms with E-state index in [1.54, 1.807) is 0 Å². The minimum Gasteiger partial charge on any atom is -0.493 e. The second kappa shape index (κ2) is 14.7. The van der Waals surface area contributed by atoms with E-state index in [1.165, 1.54) is 51.5 Å². The zero-order valence-electron chi connectivity index (χ0n) is 17.3. The Morgan fingerprint density at radius 1 is 0.786 bits per heavy atom. The first-order valence-corrected chi connectivity index (χ1v) is 10.7. The SMILES string of the molecule is CN(C)CCCCCCCCCCOc1ccc(Cl)cc1-c1ccccc1.Cl. The molecule has 0 N–H and O–H groups in total. The van der Waals surface area contributed by atoms with Crippen molar-refractivity contribution >= 4 is 24.0 Å². The first-order chi connectivity index (χ1) is 13.2. The second-order valence-electron chi connectivity index (χ2n) is 7.49. The number of nitrogens with zero attached hydrogens (tertiary/aromatic N) is 1. The topological polar surface area (TPSA) is 12.5 Å². The van der Waals surface area contributed by atoms with E-state index in [0.29, 0.717) is 0 Å². The number of hydrogen-bond acceptors (Lipinski definition) is 2. The highest BCUT2D eigenvalue weighted by molar-refractivity contribution is 6.31. The van der Waals surface area contributed by atoms with Gasteiger partial charge in [0.2, 0.25) is 0 Å². The molecule has 4 heteroatoms. The maximum absolute atomic E-state index is 6.19. The van der Waals surface area contributed by atoms with Crippen molar-refractivity contribution in [1.82, 2.24) is 4.90 Å². The van der Waals surface area contributed by atoms with E-state index in [1.807, 2.05) is 36.4 Å². The molecule has 0 fully saturated rings. The van der Waals surface area contributed by atoms with Crippen LogP contribution in [0, 0.1) is 0 Å². The molecule has 156 valence electrons. The number of hydrogen-bond donors (Lipinski definition) is 0. The van der Waals surface area contributed by atoms with Crippen LogP contribution >= 0.6 is 24.0 Å². The van der Waals surface area contributed by atoms with Crippen molar-refractivity contribution in [1.29, 1.82) is 0 Å². The molecule has 0 spiro atoms. The molecule has 2 nitrogen and oxygen atoms in total. The lowest BCUT2D eigenvalue weighted by atomic mass is 10.0. The number of halogens is 2. The highest BCUT2D eigenvalue weighted by atomic mass is 35.5. The van der Waals surface area contributed by atoms with Gasteiger partial charge in [0.15, 0.2) is 0 Å². The lowest BCUT2D eigenvalue weighted by Crippen LogP contribution is -2.12. The fourth-order valence-corrected chi connectivity index (χ4v) is 3.42. The molecule has 0 aliphatic carbocycles. The van der Waals surface area contributed by atoms with Crippen LogP contribution in [-0.2, 0) is 0 Å². The molecule has 0 saturated carbocycles. The van der Waals surface area contributed by atoms with Crippen LogP contribution < -0.4 is 4.74 Å². The largest absolute Gasteiger partial charge is 0.493 e. The lowest BCUT2D eigenvalue weighted by Gasteiger charge is -2.12. The van der Waals surface area contributed by atoms with Crippen LogP contribution in [0.2, 0.25) is 5.02 Å². The molecule has 2 rings (SSSR count). The van der Waals surface area contributed by atoms with Crippen molar-refractivity contribution in [2.24, 2.45) is 0 Å². The van der Waals surface area contributed by atoms with Crippen LogP contribution in [0.5, 0.6) is 5.75 Å². The molecule has 0 aliphatic rings. The van der Waals surface area contributed by atoms with Crippen LogP contribution in [0.1, 0.15) is 51.4 Å². The zero-order valence-corrected chi connectivity index (χ0v) is 18.9. The maximum atomic E-state index is 6.19. The van der Waals surface area contributed by atoms with Gasteiger partial charge in [0.05, 0.1) is 6.61 Å². The number of unbranched alkanes of at least 4 members (excludes halogenated alkanes) is 7. The molecule has 2 aromatic rings. The Balaban J connectivity index is 0.00000392. The Bertz CT molecular complexity index is 646. The van der Waals surface area contributed by atoms with E-state index >= 15 is 0 Å². The highest BCUT2D eigenvalue weighted by Crippen LogP contribution is 2.32. The fourth-order valence-electron chi connectivity index (χ4n) is 3.24. The Kier molecular flexibility index (Phi) is 13.1. The van der Waals surface area contributed by atoms with E-state index in [-0.39, 0.29) is 12.4 Å². The predicted molar refractivity (Wildman–Crippen MR) is 125 cm³/mol. The van der Waals surface area contributed by atoms with E-state index in [9.17, 15) is 0 Å². The van der Waals surface area contributed by atoms with Crippen molar-refractivity contribution in [3.05, 3.63) is 53.6 Å². The van der Waals surface area contributed by atoms with Crippen LogP contribution in [-0.4, -0.2) is 32.1 Å². The van der Waals surface area contributed by atoms with Crippen molar-refractivity contribution in [2.45, 2.75) is 51.4 Å². The monoisotopic (exact) mass is 423 g/mol. The van der Waals surface area contributed by atoms with Crippen LogP contribution in [0.3, 0.4) is 0 Å². The third-order valence-corrected chi connectivity index (χ3v) is 5.02. The summed E-state index contributed by atoms with van der Waals surface area (Å²) < 4.78 is 6.07. The van der Waals surface area contributed by atoms with Gasteiger partial charge < -0.3 is 9.64 Å². The molecule has 0 heterocycles. The van der Waals surface area contributed by atoms with Crippen molar-refractivity contribution < 1.29 is 4.74 Å². The summed E-state index contributed by atoms with van der Waals surface area (Å²) in [4.78, 5) is 2.27. The zero-order chi connectivity index (χ0) is 19.3. The Labute approximate surface area is 182 Å².